The molecule has 0 fully saturated rings. The molecule has 5 nitrogen and oxygen atoms in total. The van der Waals surface area contributed by atoms with Crippen molar-refractivity contribution in [3.05, 3.63) is 47.1 Å². The van der Waals surface area contributed by atoms with E-state index in [1.807, 2.05) is 0 Å². The van der Waals surface area contributed by atoms with E-state index in [0.29, 0.717) is 5.69 Å². The molecule has 0 amide bonds. The lowest BCUT2D eigenvalue weighted by Crippen LogP contribution is -2.16. The first-order valence-electron chi connectivity index (χ1n) is 4.98. The smallest absolute Gasteiger partial charge is 0.281 e. The number of sulfonamides is 1. The second kappa shape index (κ2) is 4.95. The fourth-order valence-corrected chi connectivity index (χ4v) is 2.73. The second-order valence-corrected chi connectivity index (χ2v) is 6.02. The molecule has 1 aromatic heterocycles. The van der Waals surface area contributed by atoms with E-state index in [0.717, 1.165) is 4.47 Å². The van der Waals surface area contributed by atoms with E-state index in [2.05, 4.69) is 25.6 Å². The van der Waals surface area contributed by atoms with Gasteiger partial charge in [-0.25, -0.2) is 4.98 Å². The van der Waals surface area contributed by atoms with E-state index in [1.165, 1.54) is 12.3 Å². The average molecular weight is 328 g/mol. The molecule has 1 aromatic carbocycles. The topological polar surface area (TPSA) is 85.1 Å². The minimum absolute atomic E-state index is 0.113. The lowest BCUT2D eigenvalue weighted by molar-refractivity contribution is 0.598. The van der Waals surface area contributed by atoms with Crippen molar-refractivity contribution in [3.8, 4) is 0 Å². The van der Waals surface area contributed by atoms with Crippen LogP contribution in [-0.4, -0.2) is 13.4 Å². The summed E-state index contributed by atoms with van der Waals surface area (Å²) in [6, 6.07) is 9.82. The Kier molecular flexibility index (Phi) is 3.53. The van der Waals surface area contributed by atoms with Gasteiger partial charge in [0.15, 0.2) is 5.03 Å². The molecule has 2 aromatic rings. The monoisotopic (exact) mass is 327 g/mol. The van der Waals surface area contributed by atoms with Gasteiger partial charge in [-0.2, -0.15) is 8.42 Å². The first kappa shape index (κ1) is 12.8. The first-order valence-corrected chi connectivity index (χ1v) is 7.25. The van der Waals surface area contributed by atoms with Gasteiger partial charge in [-0.05, 0) is 36.4 Å². The van der Waals surface area contributed by atoms with Crippen molar-refractivity contribution in [1.29, 1.82) is 0 Å². The summed E-state index contributed by atoms with van der Waals surface area (Å²) in [5, 5.41) is -0.173. The van der Waals surface area contributed by atoms with Crippen molar-refractivity contribution in [1.82, 2.24) is 4.98 Å². The van der Waals surface area contributed by atoms with Crippen LogP contribution in [0.25, 0.3) is 0 Å². The Morgan fingerprint density at radius 3 is 2.44 bits per heavy atom. The minimum Gasteiger partial charge on any atom is -0.396 e. The van der Waals surface area contributed by atoms with Crippen LogP contribution in [0.2, 0.25) is 0 Å². The number of benzene rings is 1. The summed E-state index contributed by atoms with van der Waals surface area (Å²) in [5.74, 6) is 0. The summed E-state index contributed by atoms with van der Waals surface area (Å²) in [6.07, 6.45) is 1.38. The van der Waals surface area contributed by atoms with Crippen LogP contribution in [0.3, 0.4) is 0 Å². The standard InChI is InChI=1S/C11H10BrN3O2S/c12-8-3-5-9(6-4-8)15-18(16,17)11-10(13)2-1-7-14-11/h1-7,15H,13H2. The third kappa shape index (κ3) is 2.80. The molecule has 0 bridgehead atoms. The van der Waals surface area contributed by atoms with Crippen LogP contribution in [0.5, 0.6) is 0 Å². The van der Waals surface area contributed by atoms with E-state index in [1.54, 1.807) is 30.3 Å². The maximum atomic E-state index is 12.0. The van der Waals surface area contributed by atoms with Gasteiger partial charge in [0.05, 0.1) is 5.69 Å². The van der Waals surface area contributed by atoms with Crippen molar-refractivity contribution in [2.45, 2.75) is 5.03 Å². The Labute approximate surface area is 113 Å². The van der Waals surface area contributed by atoms with Crippen LogP contribution in [0.4, 0.5) is 11.4 Å². The zero-order valence-electron chi connectivity index (χ0n) is 9.17. The number of nitrogens with two attached hydrogens (primary N) is 1. The molecule has 94 valence electrons. The Hall–Kier alpha value is -1.60. The molecule has 0 aliphatic carbocycles. The van der Waals surface area contributed by atoms with Crippen LogP contribution in [0, 0.1) is 0 Å². The van der Waals surface area contributed by atoms with Crippen molar-refractivity contribution < 1.29 is 8.42 Å². The lowest BCUT2D eigenvalue weighted by Gasteiger charge is -2.08. The highest BCUT2D eigenvalue weighted by Gasteiger charge is 2.18. The molecule has 0 saturated heterocycles. The molecule has 0 unspecified atom stereocenters. The normalized spacial score (nSPS) is 11.2. The number of nitrogen functional groups attached to an aromatic ring is 1. The molecular weight excluding hydrogens is 318 g/mol. The van der Waals surface area contributed by atoms with Gasteiger partial charge in [-0.1, -0.05) is 15.9 Å². The molecule has 0 aliphatic heterocycles. The highest BCUT2D eigenvalue weighted by molar-refractivity contribution is 9.10. The third-order valence-corrected chi connectivity index (χ3v) is 4.03. The Balaban J connectivity index is 2.33. The van der Waals surface area contributed by atoms with E-state index in [4.69, 9.17) is 5.73 Å². The van der Waals surface area contributed by atoms with Gasteiger partial charge in [0.1, 0.15) is 0 Å². The highest BCUT2D eigenvalue weighted by Crippen LogP contribution is 2.20. The number of anilines is 2. The van der Waals surface area contributed by atoms with Gasteiger partial charge >= 0.3 is 0 Å². The molecule has 2 rings (SSSR count). The predicted octanol–water partition coefficient (Wildman–Crippen LogP) is 2.23. The van der Waals surface area contributed by atoms with Gasteiger partial charge in [-0.3, -0.25) is 4.72 Å². The van der Waals surface area contributed by atoms with Crippen molar-refractivity contribution in [2.75, 3.05) is 10.5 Å². The molecule has 3 N–H and O–H groups in total. The van der Waals surface area contributed by atoms with Gasteiger partial charge in [-0.15, -0.1) is 0 Å². The van der Waals surface area contributed by atoms with Gasteiger partial charge in [0, 0.05) is 16.4 Å². The summed E-state index contributed by atoms with van der Waals surface area (Å²) in [5.41, 5.74) is 6.16. The number of pyridine rings is 1. The van der Waals surface area contributed by atoms with E-state index in [9.17, 15) is 8.42 Å². The van der Waals surface area contributed by atoms with Crippen LogP contribution >= 0.6 is 15.9 Å². The number of aromatic nitrogens is 1. The molecular formula is C11H10BrN3O2S. The van der Waals surface area contributed by atoms with Crippen molar-refractivity contribution >= 4 is 37.3 Å². The predicted molar refractivity (Wildman–Crippen MR) is 73.6 cm³/mol. The maximum absolute atomic E-state index is 12.0. The average Bonchev–Trinajstić information content (AvgIpc) is 2.32. The quantitative estimate of drug-likeness (QED) is 0.905. The zero-order chi connectivity index (χ0) is 13.2. The molecule has 1 heterocycles. The number of hydrogen-bond donors (Lipinski definition) is 2. The van der Waals surface area contributed by atoms with Crippen LogP contribution in [0.15, 0.2) is 52.1 Å². The SMILES string of the molecule is Nc1cccnc1S(=O)(=O)Nc1ccc(Br)cc1. The maximum Gasteiger partial charge on any atom is 0.281 e. The van der Waals surface area contributed by atoms with Crippen LogP contribution in [-0.2, 0) is 10.0 Å². The van der Waals surface area contributed by atoms with E-state index < -0.39 is 10.0 Å². The molecule has 0 atom stereocenters. The van der Waals surface area contributed by atoms with Crippen LogP contribution < -0.4 is 10.5 Å². The Bertz CT molecular complexity index is 656. The Morgan fingerprint density at radius 2 is 1.83 bits per heavy atom. The molecule has 0 spiro atoms. The summed E-state index contributed by atoms with van der Waals surface area (Å²) in [7, 11) is -3.76. The second-order valence-electron chi connectivity index (χ2n) is 3.51. The molecule has 0 aliphatic rings. The molecule has 7 heteroatoms. The van der Waals surface area contributed by atoms with Crippen LogP contribution in [0.1, 0.15) is 0 Å². The summed E-state index contributed by atoms with van der Waals surface area (Å²) in [4.78, 5) is 3.78. The largest absolute Gasteiger partial charge is 0.396 e. The summed E-state index contributed by atoms with van der Waals surface area (Å²) in [6.45, 7) is 0. The number of rotatable bonds is 3. The minimum atomic E-state index is -3.76. The van der Waals surface area contributed by atoms with E-state index >= 15 is 0 Å². The van der Waals surface area contributed by atoms with Gasteiger partial charge in [0.2, 0.25) is 0 Å². The summed E-state index contributed by atoms with van der Waals surface area (Å²) >= 11 is 3.27. The van der Waals surface area contributed by atoms with E-state index in [-0.39, 0.29) is 10.7 Å². The molecule has 0 saturated carbocycles. The third-order valence-electron chi connectivity index (χ3n) is 2.15. The lowest BCUT2D eigenvalue weighted by atomic mass is 10.3. The molecule has 18 heavy (non-hydrogen) atoms. The zero-order valence-corrected chi connectivity index (χ0v) is 11.6. The number of nitrogens with zero attached hydrogens (tertiary/aromatic N) is 1. The number of nitrogens with one attached hydrogen (secondary N) is 1. The first-order chi connectivity index (χ1) is 8.49. The number of hydrogen-bond acceptors (Lipinski definition) is 4. The molecule has 0 radical (unpaired) electrons. The summed E-state index contributed by atoms with van der Waals surface area (Å²) < 4.78 is 27.4. The van der Waals surface area contributed by atoms with Gasteiger partial charge in [0.25, 0.3) is 10.0 Å². The van der Waals surface area contributed by atoms with Crippen molar-refractivity contribution in [3.63, 3.8) is 0 Å². The fraction of sp³-hybridized carbons (Fsp3) is 0. The number of halogens is 1. The van der Waals surface area contributed by atoms with Gasteiger partial charge < -0.3 is 5.73 Å². The Morgan fingerprint density at radius 1 is 1.17 bits per heavy atom. The fourth-order valence-electron chi connectivity index (χ4n) is 1.35. The highest BCUT2D eigenvalue weighted by atomic mass is 79.9. The van der Waals surface area contributed by atoms with Crippen molar-refractivity contribution in [2.24, 2.45) is 0 Å².